The monoisotopic (exact) mass is 333 g/mol. The smallest absolute Gasteiger partial charge is 0.276 e. The van der Waals surface area contributed by atoms with Crippen LogP contribution in [0.1, 0.15) is 27.8 Å². The second-order valence-corrected chi connectivity index (χ2v) is 5.39. The van der Waals surface area contributed by atoms with Crippen molar-refractivity contribution in [1.29, 1.82) is 0 Å². The minimum absolute atomic E-state index is 0.0468. The maximum atomic E-state index is 12.4. The van der Waals surface area contributed by atoms with Gasteiger partial charge in [0.2, 0.25) is 0 Å². The summed E-state index contributed by atoms with van der Waals surface area (Å²) in [5.41, 5.74) is 1.46. The van der Waals surface area contributed by atoms with Gasteiger partial charge in [0.25, 0.3) is 11.5 Å². The first kappa shape index (κ1) is 16.3. The van der Waals surface area contributed by atoms with Gasteiger partial charge in [-0.1, -0.05) is 18.2 Å². The number of nitrogens with one attached hydrogen (secondary N) is 1. The molecule has 0 fully saturated rings. The molecule has 3 rings (SSSR count). The summed E-state index contributed by atoms with van der Waals surface area (Å²) in [5, 5.41) is 6.82. The van der Waals surface area contributed by atoms with Crippen LogP contribution in [-0.2, 0) is 0 Å². The summed E-state index contributed by atoms with van der Waals surface area (Å²) >= 11 is 0. The largest absolute Gasteiger partial charge is 0.321 e. The molecule has 0 aliphatic carbocycles. The summed E-state index contributed by atoms with van der Waals surface area (Å²) < 4.78 is 1.17. The molecule has 0 unspecified atom stereocenters. The first-order valence-electron chi connectivity index (χ1n) is 7.63. The minimum atomic E-state index is -0.444. The molecule has 1 heterocycles. The van der Waals surface area contributed by atoms with Crippen molar-refractivity contribution in [1.82, 2.24) is 9.78 Å². The van der Waals surface area contributed by atoms with Crippen LogP contribution in [0.3, 0.4) is 0 Å². The van der Waals surface area contributed by atoms with Crippen LogP contribution >= 0.6 is 0 Å². The lowest BCUT2D eigenvalue weighted by molar-refractivity contribution is 0.101. The Morgan fingerprint density at radius 3 is 2.24 bits per heavy atom. The molecule has 3 aromatic rings. The third-order valence-corrected chi connectivity index (χ3v) is 3.58. The van der Waals surface area contributed by atoms with Crippen molar-refractivity contribution in [2.24, 2.45) is 0 Å². The number of aromatic nitrogens is 2. The molecule has 0 spiro atoms. The van der Waals surface area contributed by atoms with Crippen molar-refractivity contribution in [2.45, 2.75) is 6.92 Å². The molecule has 1 N–H and O–H groups in total. The van der Waals surface area contributed by atoms with Gasteiger partial charge in [0.05, 0.1) is 5.69 Å². The summed E-state index contributed by atoms with van der Waals surface area (Å²) in [5.74, 6) is -0.491. The molecule has 25 heavy (non-hydrogen) atoms. The lowest BCUT2D eigenvalue weighted by Crippen LogP contribution is -2.24. The van der Waals surface area contributed by atoms with Crippen molar-refractivity contribution in [3.63, 3.8) is 0 Å². The van der Waals surface area contributed by atoms with Gasteiger partial charge in [-0.2, -0.15) is 9.78 Å². The van der Waals surface area contributed by atoms with E-state index in [1.165, 1.54) is 23.7 Å². The predicted octanol–water partition coefficient (Wildman–Crippen LogP) is 2.69. The molecule has 2 aromatic carbocycles. The zero-order valence-corrected chi connectivity index (χ0v) is 13.5. The molecule has 124 valence electrons. The molecule has 0 bridgehead atoms. The molecular formula is C19H15N3O3. The van der Waals surface area contributed by atoms with E-state index in [-0.39, 0.29) is 17.0 Å². The highest BCUT2D eigenvalue weighted by molar-refractivity contribution is 6.03. The van der Waals surface area contributed by atoms with Crippen molar-refractivity contribution >= 4 is 17.4 Å². The van der Waals surface area contributed by atoms with Crippen LogP contribution in [0.25, 0.3) is 5.69 Å². The number of rotatable bonds is 4. The lowest BCUT2D eigenvalue weighted by Gasteiger charge is -2.08. The van der Waals surface area contributed by atoms with Crippen molar-refractivity contribution in [3.05, 3.63) is 88.3 Å². The Hall–Kier alpha value is -3.54. The number of hydrogen-bond donors (Lipinski definition) is 1. The highest BCUT2D eigenvalue weighted by Gasteiger charge is 2.11. The summed E-state index contributed by atoms with van der Waals surface area (Å²) in [6, 6.07) is 18.1. The van der Waals surface area contributed by atoms with Crippen LogP contribution in [0.15, 0.2) is 71.5 Å². The maximum absolute atomic E-state index is 12.4. The molecule has 0 radical (unpaired) electrons. The zero-order chi connectivity index (χ0) is 17.8. The van der Waals surface area contributed by atoms with Crippen molar-refractivity contribution in [3.8, 4) is 5.69 Å². The Morgan fingerprint density at radius 1 is 0.920 bits per heavy atom. The van der Waals surface area contributed by atoms with Gasteiger partial charge in [-0.3, -0.25) is 14.4 Å². The normalized spacial score (nSPS) is 10.3. The number of carbonyl (C=O) groups excluding carboxylic acids is 2. The Bertz CT molecular complexity index is 977. The van der Waals surface area contributed by atoms with Gasteiger partial charge < -0.3 is 5.32 Å². The van der Waals surface area contributed by atoms with E-state index in [1.54, 1.807) is 48.5 Å². The third-order valence-electron chi connectivity index (χ3n) is 3.58. The van der Waals surface area contributed by atoms with E-state index in [2.05, 4.69) is 10.4 Å². The van der Waals surface area contributed by atoms with Crippen molar-refractivity contribution in [2.75, 3.05) is 5.32 Å². The number of hydrogen-bond acceptors (Lipinski definition) is 4. The number of carbonyl (C=O) groups is 2. The van der Waals surface area contributed by atoms with Gasteiger partial charge in [0.1, 0.15) is 5.69 Å². The third kappa shape index (κ3) is 3.69. The fourth-order valence-electron chi connectivity index (χ4n) is 2.27. The first-order valence-corrected chi connectivity index (χ1v) is 7.63. The van der Waals surface area contributed by atoms with Crippen molar-refractivity contribution < 1.29 is 9.59 Å². The second kappa shape index (κ2) is 6.92. The maximum Gasteiger partial charge on any atom is 0.276 e. The van der Waals surface area contributed by atoms with Gasteiger partial charge in [-0.05, 0) is 49.4 Å². The van der Waals surface area contributed by atoms with Crippen LogP contribution in [-0.4, -0.2) is 21.5 Å². The van der Waals surface area contributed by atoms with Crippen LogP contribution in [0.4, 0.5) is 5.69 Å². The van der Waals surface area contributed by atoms with E-state index in [0.29, 0.717) is 16.9 Å². The first-order chi connectivity index (χ1) is 12.0. The predicted molar refractivity (Wildman–Crippen MR) is 94.2 cm³/mol. The van der Waals surface area contributed by atoms with Gasteiger partial charge >= 0.3 is 0 Å². The molecule has 0 atom stereocenters. The zero-order valence-electron chi connectivity index (χ0n) is 13.5. The quantitative estimate of drug-likeness (QED) is 0.744. The number of nitrogens with zero attached hydrogens (tertiary/aromatic N) is 2. The SMILES string of the molecule is CC(=O)c1ccc(NC(=O)c2ccc(=O)n(-c3ccccc3)n2)cc1. The Morgan fingerprint density at radius 2 is 1.60 bits per heavy atom. The minimum Gasteiger partial charge on any atom is -0.321 e. The number of benzene rings is 2. The van der Waals surface area contributed by atoms with Crippen LogP contribution < -0.4 is 10.9 Å². The summed E-state index contributed by atoms with van der Waals surface area (Å²) in [7, 11) is 0. The number of ketones is 1. The number of amides is 1. The molecule has 1 amide bonds. The summed E-state index contributed by atoms with van der Waals surface area (Å²) in [6.07, 6.45) is 0. The summed E-state index contributed by atoms with van der Waals surface area (Å²) in [6.45, 7) is 1.48. The fraction of sp³-hybridized carbons (Fsp3) is 0.0526. The average molecular weight is 333 g/mol. The van der Waals surface area contributed by atoms with Gasteiger partial charge in [0, 0.05) is 17.3 Å². The molecule has 0 saturated carbocycles. The molecule has 0 saturated heterocycles. The highest BCUT2D eigenvalue weighted by Crippen LogP contribution is 2.11. The Kier molecular flexibility index (Phi) is 4.52. The van der Waals surface area contributed by atoms with Crippen LogP contribution in [0, 0.1) is 0 Å². The van der Waals surface area contributed by atoms with E-state index in [1.807, 2.05) is 6.07 Å². The van der Waals surface area contributed by atoms with Crippen LogP contribution in [0.2, 0.25) is 0 Å². The number of anilines is 1. The van der Waals surface area contributed by atoms with E-state index in [4.69, 9.17) is 0 Å². The molecule has 0 aliphatic heterocycles. The second-order valence-electron chi connectivity index (χ2n) is 5.39. The Balaban J connectivity index is 1.85. The standard InChI is InChI=1S/C19H15N3O3/c1-13(23)14-7-9-15(10-8-14)20-19(25)17-11-12-18(24)22(21-17)16-5-3-2-4-6-16/h2-12H,1H3,(H,20,25). The van der Waals surface area contributed by atoms with Gasteiger partial charge in [0.15, 0.2) is 5.78 Å². The molecule has 6 nitrogen and oxygen atoms in total. The number of Topliss-reactive ketones (excluding diaryl/α,β-unsaturated/α-hetero) is 1. The lowest BCUT2D eigenvalue weighted by atomic mass is 10.1. The van der Waals surface area contributed by atoms with Gasteiger partial charge in [-0.15, -0.1) is 0 Å². The average Bonchev–Trinajstić information content (AvgIpc) is 2.63. The van der Waals surface area contributed by atoms with E-state index < -0.39 is 5.91 Å². The van der Waals surface area contributed by atoms with E-state index in [0.717, 1.165) is 0 Å². The summed E-state index contributed by atoms with van der Waals surface area (Å²) in [4.78, 5) is 35.6. The van der Waals surface area contributed by atoms with E-state index in [9.17, 15) is 14.4 Å². The highest BCUT2D eigenvalue weighted by atomic mass is 16.2. The van der Waals surface area contributed by atoms with Crippen LogP contribution in [0.5, 0.6) is 0 Å². The molecular weight excluding hydrogens is 318 g/mol. The molecule has 0 aliphatic rings. The molecule has 1 aromatic heterocycles. The topological polar surface area (TPSA) is 81.1 Å². The van der Waals surface area contributed by atoms with Gasteiger partial charge in [-0.25, -0.2) is 0 Å². The Labute approximate surface area is 143 Å². The molecule has 6 heteroatoms. The number of para-hydroxylation sites is 1. The fourth-order valence-corrected chi connectivity index (χ4v) is 2.27. The van der Waals surface area contributed by atoms with E-state index >= 15 is 0 Å².